The average molecular weight is 354 g/mol. The zero-order chi connectivity index (χ0) is 18.5. The number of nitrogens with one attached hydrogen (secondary N) is 1. The molecule has 5 heteroatoms. The van der Waals surface area contributed by atoms with E-state index < -0.39 is 0 Å². The van der Waals surface area contributed by atoms with E-state index in [9.17, 15) is 9.59 Å². The van der Waals surface area contributed by atoms with Gasteiger partial charge in [0, 0.05) is 25.0 Å². The van der Waals surface area contributed by atoms with Crippen LogP contribution < -0.4 is 5.32 Å². The molecule has 0 spiro atoms. The van der Waals surface area contributed by atoms with E-state index in [2.05, 4.69) is 17.4 Å². The third kappa shape index (κ3) is 4.15. The van der Waals surface area contributed by atoms with Gasteiger partial charge in [-0.1, -0.05) is 37.3 Å². The summed E-state index contributed by atoms with van der Waals surface area (Å²) in [4.78, 5) is 27.3. The first-order valence-electron chi connectivity index (χ1n) is 9.25. The van der Waals surface area contributed by atoms with E-state index in [0.29, 0.717) is 18.7 Å². The van der Waals surface area contributed by atoms with Crippen LogP contribution in [0.3, 0.4) is 0 Å². The zero-order valence-electron chi connectivity index (χ0n) is 15.4. The van der Waals surface area contributed by atoms with E-state index in [1.807, 2.05) is 32.0 Å². The van der Waals surface area contributed by atoms with Crippen molar-refractivity contribution < 1.29 is 14.0 Å². The van der Waals surface area contributed by atoms with Crippen LogP contribution in [-0.4, -0.2) is 35.8 Å². The fourth-order valence-corrected chi connectivity index (χ4v) is 3.45. The first kappa shape index (κ1) is 18.2. The maximum Gasteiger partial charge on any atom is 0.257 e. The number of nitrogens with zero attached hydrogens (tertiary/aromatic N) is 1. The van der Waals surface area contributed by atoms with Gasteiger partial charge < -0.3 is 14.6 Å². The number of piperidine rings is 1. The average Bonchev–Trinajstić information content (AvgIpc) is 3.22. The summed E-state index contributed by atoms with van der Waals surface area (Å²) < 4.78 is 5.05. The molecule has 3 atom stereocenters. The SMILES string of the molecule is CC[C@H](C)NC(=O)[C@H]1C[C@@H](c2ccccc2)CN(C(=O)c2ccoc2)C1. The third-order valence-electron chi connectivity index (χ3n) is 5.15. The standard InChI is InChI=1S/C21H26N2O3/c1-3-15(2)22-20(24)19-11-18(16-7-5-4-6-8-16)12-23(13-19)21(25)17-9-10-26-14-17/h4-10,14-15,18-19H,3,11-13H2,1-2H3,(H,22,24)/t15-,18+,19-/m0/s1. The van der Waals surface area contributed by atoms with Crippen LogP contribution >= 0.6 is 0 Å². The third-order valence-corrected chi connectivity index (χ3v) is 5.15. The number of hydrogen-bond donors (Lipinski definition) is 1. The maximum absolute atomic E-state index is 12.8. The monoisotopic (exact) mass is 354 g/mol. The molecule has 2 aromatic rings. The number of likely N-dealkylation sites (tertiary alicyclic amines) is 1. The molecule has 0 unspecified atom stereocenters. The van der Waals surface area contributed by atoms with Gasteiger partial charge in [-0.3, -0.25) is 9.59 Å². The summed E-state index contributed by atoms with van der Waals surface area (Å²) in [5, 5.41) is 3.07. The van der Waals surface area contributed by atoms with E-state index in [-0.39, 0.29) is 29.7 Å². The van der Waals surface area contributed by atoms with Crippen molar-refractivity contribution in [3.05, 3.63) is 60.1 Å². The highest BCUT2D eigenvalue weighted by molar-refractivity contribution is 5.94. The van der Waals surface area contributed by atoms with Crippen LogP contribution in [0.25, 0.3) is 0 Å². The van der Waals surface area contributed by atoms with Gasteiger partial charge in [0.05, 0.1) is 17.7 Å². The summed E-state index contributed by atoms with van der Waals surface area (Å²) in [5.41, 5.74) is 1.69. The fraction of sp³-hybridized carbons (Fsp3) is 0.429. The maximum atomic E-state index is 12.8. The van der Waals surface area contributed by atoms with Gasteiger partial charge in [0.2, 0.25) is 5.91 Å². The minimum atomic E-state index is -0.209. The molecule has 1 aliphatic heterocycles. The van der Waals surface area contributed by atoms with Crippen LogP contribution in [-0.2, 0) is 4.79 Å². The van der Waals surface area contributed by atoms with Crippen molar-refractivity contribution in [3.8, 4) is 0 Å². The Labute approximate surface area is 154 Å². The van der Waals surface area contributed by atoms with Crippen LogP contribution in [0.1, 0.15) is 48.5 Å². The second-order valence-electron chi connectivity index (χ2n) is 7.08. The van der Waals surface area contributed by atoms with E-state index in [0.717, 1.165) is 12.8 Å². The Morgan fingerprint density at radius 2 is 2.00 bits per heavy atom. The number of carbonyl (C=O) groups is 2. The summed E-state index contributed by atoms with van der Waals surface area (Å²) in [7, 11) is 0. The second-order valence-corrected chi connectivity index (χ2v) is 7.08. The molecular weight excluding hydrogens is 328 g/mol. The number of hydrogen-bond acceptors (Lipinski definition) is 3. The van der Waals surface area contributed by atoms with Crippen molar-refractivity contribution in [2.24, 2.45) is 5.92 Å². The number of rotatable bonds is 5. The van der Waals surface area contributed by atoms with Crippen LogP contribution in [0, 0.1) is 5.92 Å². The minimum absolute atomic E-state index is 0.0324. The molecule has 1 aromatic heterocycles. The van der Waals surface area contributed by atoms with Crippen molar-refractivity contribution in [2.75, 3.05) is 13.1 Å². The van der Waals surface area contributed by atoms with Crippen LogP contribution in [0.15, 0.2) is 53.3 Å². The summed E-state index contributed by atoms with van der Waals surface area (Å²) >= 11 is 0. The van der Waals surface area contributed by atoms with E-state index in [4.69, 9.17) is 4.42 Å². The predicted molar refractivity (Wildman–Crippen MR) is 99.8 cm³/mol. The molecule has 1 saturated heterocycles. The summed E-state index contributed by atoms with van der Waals surface area (Å²) in [5.74, 6) is -0.113. The highest BCUT2D eigenvalue weighted by Gasteiger charge is 2.35. The van der Waals surface area contributed by atoms with Crippen LogP contribution in [0.4, 0.5) is 0 Å². The molecule has 0 saturated carbocycles. The molecule has 0 radical (unpaired) electrons. The van der Waals surface area contributed by atoms with Crippen LogP contribution in [0.5, 0.6) is 0 Å². The van der Waals surface area contributed by atoms with Crippen molar-refractivity contribution in [2.45, 2.75) is 38.6 Å². The molecule has 1 aromatic carbocycles. The number of benzene rings is 1. The molecule has 2 heterocycles. The van der Waals surface area contributed by atoms with Gasteiger partial charge in [0.15, 0.2) is 0 Å². The van der Waals surface area contributed by atoms with E-state index in [1.54, 1.807) is 11.0 Å². The van der Waals surface area contributed by atoms with Crippen molar-refractivity contribution in [3.63, 3.8) is 0 Å². The molecule has 5 nitrogen and oxygen atoms in total. The molecular formula is C21H26N2O3. The Balaban J connectivity index is 1.81. The van der Waals surface area contributed by atoms with Gasteiger partial charge in [-0.25, -0.2) is 0 Å². The molecule has 3 rings (SSSR count). The van der Waals surface area contributed by atoms with Crippen LogP contribution in [0.2, 0.25) is 0 Å². The summed E-state index contributed by atoms with van der Waals surface area (Å²) in [6.45, 7) is 5.11. The Morgan fingerprint density at radius 3 is 2.65 bits per heavy atom. The lowest BCUT2D eigenvalue weighted by Gasteiger charge is -2.37. The minimum Gasteiger partial charge on any atom is -0.472 e. The lowest BCUT2D eigenvalue weighted by atomic mass is 9.83. The molecule has 1 N–H and O–H groups in total. The summed E-state index contributed by atoms with van der Waals surface area (Å²) in [6, 6.07) is 11.9. The number of furan rings is 1. The number of amides is 2. The lowest BCUT2D eigenvalue weighted by Crippen LogP contribution is -2.49. The highest BCUT2D eigenvalue weighted by Crippen LogP contribution is 2.31. The van der Waals surface area contributed by atoms with Gasteiger partial charge in [-0.05, 0) is 31.4 Å². The van der Waals surface area contributed by atoms with E-state index in [1.165, 1.54) is 18.1 Å². The molecule has 1 fully saturated rings. The second kappa shape index (κ2) is 8.21. The Morgan fingerprint density at radius 1 is 1.23 bits per heavy atom. The van der Waals surface area contributed by atoms with Gasteiger partial charge >= 0.3 is 0 Å². The Hall–Kier alpha value is -2.56. The highest BCUT2D eigenvalue weighted by atomic mass is 16.3. The van der Waals surface area contributed by atoms with Gasteiger partial charge in [-0.15, -0.1) is 0 Å². The molecule has 26 heavy (non-hydrogen) atoms. The van der Waals surface area contributed by atoms with Crippen molar-refractivity contribution >= 4 is 11.8 Å². The molecule has 0 bridgehead atoms. The van der Waals surface area contributed by atoms with Gasteiger partial charge in [-0.2, -0.15) is 0 Å². The summed E-state index contributed by atoms with van der Waals surface area (Å²) in [6.07, 6.45) is 4.60. The van der Waals surface area contributed by atoms with Crippen molar-refractivity contribution in [1.82, 2.24) is 10.2 Å². The normalized spacial score (nSPS) is 21.2. The Kier molecular flexibility index (Phi) is 5.76. The molecule has 2 amide bonds. The number of carbonyl (C=O) groups excluding carboxylic acids is 2. The van der Waals surface area contributed by atoms with Gasteiger partial charge in [0.25, 0.3) is 5.91 Å². The fourth-order valence-electron chi connectivity index (χ4n) is 3.45. The Bertz CT molecular complexity index is 727. The smallest absolute Gasteiger partial charge is 0.257 e. The lowest BCUT2D eigenvalue weighted by molar-refractivity contribution is -0.127. The first-order chi connectivity index (χ1) is 12.6. The van der Waals surface area contributed by atoms with Gasteiger partial charge in [0.1, 0.15) is 6.26 Å². The molecule has 0 aliphatic carbocycles. The van der Waals surface area contributed by atoms with Crippen molar-refractivity contribution in [1.29, 1.82) is 0 Å². The quantitative estimate of drug-likeness (QED) is 0.895. The van der Waals surface area contributed by atoms with E-state index >= 15 is 0 Å². The largest absolute Gasteiger partial charge is 0.472 e. The molecule has 1 aliphatic rings. The molecule has 138 valence electrons. The zero-order valence-corrected chi connectivity index (χ0v) is 15.4. The topological polar surface area (TPSA) is 62.6 Å². The predicted octanol–water partition coefficient (Wildman–Crippen LogP) is 3.44. The first-order valence-corrected chi connectivity index (χ1v) is 9.25.